The maximum Gasteiger partial charge on any atom is 0.271 e. The Morgan fingerprint density at radius 1 is 1.04 bits per heavy atom. The van der Waals surface area contributed by atoms with E-state index in [1.807, 2.05) is 24.3 Å². The molecule has 2 aromatic carbocycles. The normalized spacial score (nSPS) is 10.6. The Kier molecular flexibility index (Phi) is 4.74. The van der Waals surface area contributed by atoms with Crippen LogP contribution < -0.4 is 10.9 Å². The van der Waals surface area contributed by atoms with Gasteiger partial charge in [0.1, 0.15) is 0 Å². The molecule has 0 aliphatic heterocycles. The van der Waals surface area contributed by atoms with Gasteiger partial charge in [0, 0.05) is 22.1 Å². The van der Waals surface area contributed by atoms with Crippen LogP contribution in [0.3, 0.4) is 0 Å². The van der Waals surface area contributed by atoms with Gasteiger partial charge in [0.15, 0.2) is 0 Å². The van der Waals surface area contributed by atoms with Gasteiger partial charge in [-0.25, -0.2) is 0 Å². The van der Waals surface area contributed by atoms with Crippen molar-refractivity contribution in [3.05, 3.63) is 69.8 Å². The fraction of sp³-hybridized carbons (Fsp3) is 0.0588. The van der Waals surface area contributed by atoms with Crippen molar-refractivity contribution in [2.75, 3.05) is 0 Å². The summed E-state index contributed by atoms with van der Waals surface area (Å²) in [5, 5.41) is 1.61. The molecule has 0 saturated carbocycles. The summed E-state index contributed by atoms with van der Waals surface area (Å²) in [6.45, 7) is 0. The lowest BCUT2D eigenvalue weighted by atomic mass is 10.1. The molecule has 3 N–H and O–H groups in total. The Labute approximate surface area is 147 Å². The van der Waals surface area contributed by atoms with Gasteiger partial charge >= 0.3 is 0 Å². The smallest absolute Gasteiger partial charge is 0.271 e. The first-order valence-electron chi connectivity index (χ1n) is 7.14. The fourth-order valence-corrected chi connectivity index (χ4v) is 2.74. The highest BCUT2D eigenvalue weighted by Crippen LogP contribution is 2.20. The number of para-hydroxylation sites is 1. The third-order valence-electron chi connectivity index (χ3n) is 3.51. The molecule has 122 valence electrons. The number of fused-ring (bicyclic) bond motifs is 1. The van der Waals surface area contributed by atoms with E-state index in [-0.39, 0.29) is 22.9 Å². The van der Waals surface area contributed by atoms with Crippen molar-refractivity contribution in [1.29, 1.82) is 0 Å². The van der Waals surface area contributed by atoms with E-state index in [2.05, 4.69) is 15.8 Å². The molecular weight excluding hydrogens is 349 g/mol. The summed E-state index contributed by atoms with van der Waals surface area (Å²) in [5.74, 6) is -0.874. The summed E-state index contributed by atoms with van der Waals surface area (Å²) in [6, 6.07) is 12.2. The summed E-state index contributed by atoms with van der Waals surface area (Å²) >= 11 is 11.8. The van der Waals surface area contributed by atoms with Crippen LogP contribution in [0.25, 0.3) is 10.9 Å². The fourth-order valence-electron chi connectivity index (χ4n) is 2.36. The first-order valence-corrected chi connectivity index (χ1v) is 7.89. The molecular formula is C17H13Cl2N3O2. The Bertz CT molecular complexity index is 921. The van der Waals surface area contributed by atoms with Crippen molar-refractivity contribution in [2.45, 2.75) is 6.42 Å². The number of carbonyl (C=O) groups is 2. The molecule has 1 aromatic heterocycles. The molecule has 7 heteroatoms. The lowest BCUT2D eigenvalue weighted by Gasteiger charge is -2.08. The van der Waals surface area contributed by atoms with Crippen LogP contribution in [0.5, 0.6) is 0 Å². The van der Waals surface area contributed by atoms with Crippen molar-refractivity contribution < 1.29 is 9.59 Å². The van der Waals surface area contributed by atoms with Crippen LogP contribution in [0.15, 0.2) is 48.7 Å². The number of halogens is 2. The number of rotatable bonds is 3. The van der Waals surface area contributed by atoms with E-state index in [1.165, 1.54) is 12.1 Å². The number of hydrogen-bond donors (Lipinski definition) is 3. The average Bonchev–Trinajstić information content (AvgIpc) is 2.98. The van der Waals surface area contributed by atoms with Crippen molar-refractivity contribution in [3.63, 3.8) is 0 Å². The number of hydrazine groups is 1. The molecule has 1 heterocycles. The zero-order chi connectivity index (χ0) is 17.1. The quantitative estimate of drug-likeness (QED) is 0.624. The van der Waals surface area contributed by atoms with E-state index in [9.17, 15) is 9.59 Å². The minimum Gasteiger partial charge on any atom is -0.361 e. The third kappa shape index (κ3) is 3.53. The molecule has 0 aliphatic rings. The summed E-state index contributed by atoms with van der Waals surface area (Å²) < 4.78 is 0. The Morgan fingerprint density at radius 2 is 1.83 bits per heavy atom. The Hall–Kier alpha value is -2.50. The molecule has 2 amide bonds. The van der Waals surface area contributed by atoms with Crippen molar-refractivity contribution in [1.82, 2.24) is 15.8 Å². The highest BCUT2D eigenvalue weighted by atomic mass is 35.5. The molecule has 0 fully saturated rings. The van der Waals surface area contributed by atoms with E-state index in [1.54, 1.807) is 12.3 Å². The molecule has 0 atom stereocenters. The van der Waals surface area contributed by atoms with Crippen LogP contribution in [0.1, 0.15) is 15.9 Å². The molecule has 3 rings (SSSR count). The summed E-state index contributed by atoms with van der Waals surface area (Å²) in [6.07, 6.45) is 1.91. The molecule has 5 nitrogen and oxygen atoms in total. The Balaban J connectivity index is 1.63. The van der Waals surface area contributed by atoms with Crippen molar-refractivity contribution in [3.8, 4) is 0 Å². The van der Waals surface area contributed by atoms with Gasteiger partial charge in [-0.3, -0.25) is 20.4 Å². The standard InChI is InChI=1S/C17H13Cl2N3O2/c18-11-5-6-14(19)13(8-11)17(24)22-21-16(23)7-10-9-20-15-4-2-1-3-12(10)15/h1-6,8-9,20H,7H2,(H,21,23)(H,22,24). The van der Waals surface area contributed by atoms with E-state index in [4.69, 9.17) is 23.2 Å². The summed E-state index contributed by atoms with van der Waals surface area (Å²) in [4.78, 5) is 27.2. The third-order valence-corrected chi connectivity index (χ3v) is 4.08. The molecule has 24 heavy (non-hydrogen) atoms. The van der Waals surface area contributed by atoms with Gasteiger partial charge in [0.2, 0.25) is 5.91 Å². The average molecular weight is 362 g/mol. The van der Waals surface area contributed by atoms with Gasteiger partial charge in [-0.15, -0.1) is 0 Å². The first kappa shape index (κ1) is 16.4. The second-order valence-electron chi connectivity index (χ2n) is 5.16. The van der Waals surface area contributed by atoms with Gasteiger partial charge in [-0.1, -0.05) is 41.4 Å². The SMILES string of the molecule is O=C(Cc1c[nH]c2ccccc12)NNC(=O)c1cc(Cl)ccc1Cl. The summed E-state index contributed by atoms with van der Waals surface area (Å²) in [5.41, 5.74) is 6.70. The maximum atomic E-state index is 12.1. The van der Waals surface area contributed by atoms with Gasteiger partial charge < -0.3 is 4.98 Å². The molecule has 0 aliphatic carbocycles. The number of hydrogen-bond acceptors (Lipinski definition) is 2. The maximum absolute atomic E-state index is 12.1. The lowest BCUT2D eigenvalue weighted by molar-refractivity contribution is -0.121. The predicted molar refractivity (Wildman–Crippen MR) is 94.1 cm³/mol. The van der Waals surface area contributed by atoms with Crippen molar-refractivity contribution >= 4 is 45.9 Å². The van der Waals surface area contributed by atoms with Gasteiger partial charge in [0.25, 0.3) is 5.91 Å². The Morgan fingerprint density at radius 3 is 2.67 bits per heavy atom. The van der Waals surface area contributed by atoms with Crippen LogP contribution in [0.4, 0.5) is 0 Å². The second kappa shape index (κ2) is 6.95. The van der Waals surface area contributed by atoms with Gasteiger partial charge in [-0.05, 0) is 29.8 Å². The molecule has 0 spiro atoms. The molecule has 3 aromatic rings. The molecule has 0 radical (unpaired) electrons. The zero-order valence-corrected chi connectivity index (χ0v) is 13.9. The van der Waals surface area contributed by atoms with Crippen LogP contribution in [0, 0.1) is 0 Å². The predicted octanol–water partition coefficient (Wildman–Crippen LogP) is 3.48. The lowest BCUT2D eigenvalue weighted by Crippen LogP contribution is -2.42. The van der Waals surface area contributed by atoms with E-state index < -0.39 is 5.91 Å². The van der Waals surface area contributed by atoms with Gasteiger partial charge in [-0.2, -0.15) is 0 Å². The van der Waals surface area contributed by atoms with E-state index in [0.29, 0.717) is 5.02 Å². The minimum atomic E-state index is -0.533. The molecule has 0 bridgehead atoms. The zero-order valence-electron chi connectivity index (χ0n) is 12.4. The number of aromatic nitrogens is 1. The van der Waals surface area contributed by atoms with Crippen LogP contribution in [0.2, 0.25) is 10.0 Å². The van der Waals surface area contributed by atoms with Crippen molar-refractivity contribution in [2.24, 2.45) is 0 Å². The monoisotopic (exact) mass is 361 g/mol. The highest BCUT2D eigenvalue weighted by molar-refractivity contribution is 6.35. The second-order valence-corrected chi connectivity index (χ2v) is 6.01. The number of benzene rings is 2. The number of H-pyrrole nitrogens is 1. The minimum absolute atomic E-state index is 0.133. The number of aromatic amines is 1. The molecule has 0 unspecified atom stereocenters. The number of nitrogens with one attached hydrogen (secondary N) is 3. The van der Waals surface area contributed by atoms with Crippen LogP contribution >= 0.6 is 23.2 Å². The van der Waals surface area contributed by atoms with Gasteiger partial charge in [0.05, 0.1) is 17.0 Å². The number of amides is 2. The highest BCUT2D eigenvalue weighted by Gasteiger charge is 2.13. The van der Waals surface area contributed by atoms with E-state index in [0.717, 1.165) is 16.5 Å². The first-order chi connectivity index (χ1) is 11.5. The topological polar surface area (TPSA) is 74.0 Å². The van der Waals surface area contributed by atoms with Crippen LogP contribution in [-0.2, 0) is 11.2 Å². The van der Waals surface area contributed by atoms with E-state index >= 15 is 0 Å². The largest absolute Gasteiger partial charge is 0.361 e. The van der Waals surface area contributed by atoms with Crippen LogP contribution in [-0.4, -0.2) is 16.8 Å². The summed E-state index contributed by atoms with van der Waals surface area (Å²) in [7, 11) is 0. The molecule has 0 saturated heterocycles. The number of carbonyl (C=O) groups excluding carboxylic acids is 2.